The Labute approximate surface area is 121 Å². The molecule has 0 atom stereocenters. The van der Waals surface area contributed by atoms with Crippen LogP contribution in [0.1, 0.15) is 28.5 Å². The molecule has 0 aliphatic heterocycles. The number of hydrogen-bond acceptors (Lipinski definition) is 2. The van der Waals surface area contributed by atoms with Crippen molar-refractivity contribution in [2.75, 3.05) is 0 Å². The summed E-state index contributed by atoms with van der Waals surface area (Å²) in [6.45, 7) is 4.88. The van der Waals surface area contributed by atoms with E-state index in [0.29, 0.717) is 5.56 Å². The predicted molar refractivity (Wildman–Crippen MR) is 80.1 cm³/mol. The number of benzene rings is 1. The van der Waals surface area contributed by atoms with Crippen LogP contribution < -0.4 is 0 Å². The summed E-state index contributed by atoms with van der Waals surface area (Å²) in [5, 5.41) is 4.24. The molecule has 0 saturated carbocycles. The van der Waals surface area contributed by atoms with Gasteiger partial charge in [-0.3, -0.25) is 9.48 Å². The van der Waals surface area contributed by atoms with E-state index in [-0.39, 0.29) is 5.78 Å². The molecule has 98 valence electrons. The normalized spacial score (nSPS) is 11.1. The standard InChI is InChI=1S/C15H15BrN2O/c1-3-18-11(2)13(10-17-18)6-9-15(19)12-4-7-14(16)8-5-12/h4-10H,3H2,1-2H3/b9-6+. The molecule has 1 aromatic heterocycles. The average molecular weight is 319 g/mol. The Hall–Kier alpha value is -1.68. The number of halogens is 1. The summed E-state index contributed by atoms with van der Waals surface area (Å²) < 4.78 is 2.87. The lowest BCUT2D eigenvalue weighted by atomic mass is 10.1. The number of rotatable bonds is 4. The van der Waals surface area contributed by atoms with Crippen LogP contribution in [0.2, 0.25) is 0 Å². The molecule has 1 aromatic carbocycles. The maximum atomic E-state index is 12.0. The van der Waals surface area contributed by atoms with Gasteiger partial charge in [0, 0.05) is 27.8 Å². The molecule has 0 N–H and O–H groups in total. The van der Waals surface area contributed by atoms with Crippen molar-refractivity contribution in [3.63, 3.8) is 0 Å². The quantitative estimate of drug-likeness (QED) is 0.633. The SMILES string of the molecule is CCn1ncc(/C=C/C(=O)c2ccc(Br)cc2)c1C. The van der Waals surface area contributed by atoms with Gasteiger partial charge in [0.2, 0.25) is 0 Å². The van der Waals surface area contributed by atoms with E-state index in [0.717, 1.165) is 22.3 Å². The van der Waals surface area contributed by atoms with E-state index in [9.17, 15) is 4.79 Å². The maximum Gasteiger partial charge on any atom is 0.185 e. The third-order valence-corrected chi connectivity index (χ3v) is 3.51. The summed E-state index contributed by atoms with van der Waals surface area (Å²) in [6, 6.07) is 7.33. The number of ketones is 1. The average Bonchev–Trinajstić information content (AvgIpc) is 2.77. The number of allylic oxidation sites excluding steroid dienone is 1. The molecular formula is C15H15BrN2O. The lowest BCUT2D eigenvalue weighted by Crippen LogP contribution is -1.98. The smallest absolute Gasteiger partial charge is 0.185 e. The van der Waals surface area contributed by atoms with Crippen LogP contribution in [0.5, 0.6) is 0 Å². The van der Waals surface area contributed by atoms with Gasteiger partial charge < -0.3 is 0 Å². The van der Waals surface area contributed by atoms with Gasteiger partial charge in [-0.1, -0.05) is 15.9 Å². The maximum absolute atomic E-state index is 12.0. The number of carbonyl (C=O) groups excluding carboxylic acids is 1. The molecule has 4 heteroatoms. The van der Waals surface area contributed by atoms with E-state index in [1.165, 1.54) is 0 Å². The van der Waals surface area contributed by atoms with E-state index < -0.39 is 0 Å². The van der Waals surface area contributed by atoms with Gasteiger partial charge in [-0.15, -0.1) is 0 Å². The zero-order valence-corrected chi connectivity index (χ0v) is 12.5. The highest BCUT2D eigenvalue weighted by Gasteiger charge is 2.04. The summed E-state index contributed by atoms with van der Waals surface area (Å²) in [4.78, 5) is 12.0. The molecule has 0 radical (unpaired) electrons. The molecule has 0 aliphatic rings. The molecule has 0 aliphatic carbocycles. The summed E-state index contributed by atoms with van der Waals surface area (Å²) in [5.41, 5.74) is 2.73. The van der Waals surface area contributed by atoms with E-state index in [4.69, 9.17) is 0 Å². The van der Waals surface area contributed by atoms with E-state index in [1.54, 1.807) is 24.4 Å². The minimum absolute atomic E-state index is 0.00357. The summed E-state index contributed by atoms with van der Waals surface area (Å²) >= 11 is 3.35. The highest BCUT2D eigenvalue weighted by atomic mass is 79.9. The van der Waals surface area contributed by atoms with Crippen molar-refractivity contribution >= 4 is 27.8 Å². The first kappa shape index (κ1) is 13.7. The largest absolute Gasteiger partial charge is 0.289 e. The molecule has 0 fully saturated rings. The lowest BCUT2D eigenvalue weighted by Gasteiger charge is -1.99. The Bertz CT molecular complexity index is 612. The summed E-state index contributed by atoms with van der Waals surface area (Å²) in [6.07, 6.45) is 5.19. The summed E-state index contributed by atoms with van der Waals surface area (Å²) in [7, 11) is 0. The zero-order chi connectivity index (χ0) is 13.8. The molecule has 2 rings (SSSR count). The first-order valence-electron chi connectivity index (χ1n) is 6.12. The van der Waals surface area contributed by atoms with Crippen LogP contribution in [0.25, 0.3) is 6.08 Å². The number of hydrogen-bond donors (Lipinski definition) is 0. The molecule has 0 spiro atoms. The van der Waals surface area contributed by atoms with Gasteiger partial charge in [-0.25, -0.2) is 0 Å². The fourth-order valence-electron chi connectivity index (χ4n) is 1.82. The van der Waals surface area contributed by atoms with E-state index in [1.807, 2.05) is 36.7 Å². The first-order chi connectivity index (χ1) is 9.11. The van der Waals surface area contributed by atoms with Crippen molar-refractivity contribution in [3.8, 4) is 0 Å². The van der Waals surface area contributed by atoms with Crippen LogP contribution in [0.4, 0.5) is 0 Å². The van der Waals surface area contributed by atoms with E-state index in [2.05, 4.69) is 21.0 Å². The Morgan fingerprint density at radius 2 is 2.05 bits per heavy atom. The third-order valence-electron chi connectivity index (χ3n) is 2.98. The highest BCUT2D eigenvalue weighted by molar-refractivity contribution is 9.10. The van der Waals surface area contributed by atoms with Crippen LogP contribution in [-0.4, -0.2) is 15.6 Å². The van der Waals surface area contributed by atoms with Crippen LogP contribution in [0, 0.1) is 6.92 Å². The van der Waals surface area contributed by atoms with Gasteiger partial charge >= 0.3 is 0 Å². The van der Waals surface area contributed by atoms with Gasteiger partial charge in [0.1, 0.15) is 0 Å². The van der Waals surface area contributed by atoms with Crippen LogP contribution in [0.15, 0.2) is 41.0 Å². The van der Waals surface area contributed by atoms with Gasteiger partial charge in [-0.2, -0.15) is 5.10 Å². The number of carbonyl (C=O) groups is 1. The van der Waals surface area contributed by atoms with Crippen molar-refractivity contribution in [2.24, 2.45) is 0 Å². The van der Waals surface area contributed by atoms with Crippen LogP contribution in [-0.2, 0) is 6.54 Å². The fourth-order valence-corrected chi connectivity index (χ4v) is 2.08. The second-order valence-electron chi connectivity index (χ2n) is 4.21. The van der Waals surface area contributed by atoms with Crippen molar-refractivity contribution < 1.29 is 4.79 Å². The molecule has 19 heavy (non-hydrogen) atoms. The van der Waals surface area contributed by atoms with Gasteiger partial charge in [-0.05, 0) is 50.3 Å². The van der Waals surface area contributed by atoms with Crippen LogP contribution in [0.3, 0.4) is 0 Å². The zero-order valence-electron chi connectivity index (χ0n) is 10.9. The van der Waals surface area contributed by atoms with E-state index >= 15 is 0 Å². The molecular weight excluding hydrogens is 304 g/mol. The van der Waals surface area contributed by atoms with Gasteiger partial charge in [0.05, 0.1) is 6.20 Å². The second-order valence-corrected chi connectivity index (χ2v) is 5.12. The molecule has 0 saturated heterocycles. The molecule has 0 bridgehead atoms. The highest BCUT2D eigenvalue weighted by Crippen LogP contribution is 2.13. The molecule has 0 unspecified atom stereocenters. The van der Waals surface area contributed by atoms with Gasteiger partial charge in [0.15, 0.2) is 5.78 Å². The topological polar surface area (TPSA) is 34.9 Å². The molecule has 2 aromatic rings. The molecule has 3 nitrogen and oxygen atoms in total. The lowest BCUT2D eigenvalue weighted by molar-refractivity contribution is 0.104. The predicted octanol–water partition coefficient (Wildman–Crippen LogP) is 3.87. The summed E-state index contributed by atoms with van der Waals surface area (Å²) in [5.74, 6) is -0.00357. The first-order valence-corrected chi connectivity index (χ1v) is 6.91. The van der Waals surface area contributed by atoms with Gasteiger partial charge in [0.25, 0.3) is 0 Å². The van der Waals surface area contributed by atoms with Crippen molar-refractivity contribution in [2.45, 2.75) is 20.4 Å². The number of nitrogens with zero attached hydrogens (tertiary/aromatic N) is 2. The Morgan fingerprint density at radius 3 is 2.63 bits per heavy atom. The minimum Gasteiger partial charge on any atom is -0.289 e. The second kappa shape index (κ2) is 5.97. The molecule has 0 amide bonds. The Kier molecular flexibility index (Phi) is 4.32. The minimum atomic E-state index is -0.00357. The van der Waals surface area contributed by atoms with Crippen molar-refractivity contribution in [1.29, 1.82) is 0 Å². The fraction of sp³-hybridized carbons (Fsp3) is 0.200. The number of aromatic nitrogens is 2. The monoisotopic (exact) mass is 318 g/mol. The van der Waals surface area contributed by atoms with Crippen molar-refractivity contribution in [3.05, 3.63) is 57.8 Å². The van der Waals surface area contributed by atoms with Crippen LogP contribution >= 0.6 is 15.9 Å². The number of aryl methyl sites for hydroxylation is 1. The Morgan fingerprint density at radius 1 is 1.37 bits per heavy atom. The van der Waals surface area contributed by atoms with Crippen molar-refractivity contribution in [1.82, 2.24) is 9.78 Å². The third kappa shape index (κ3) is 3.20. The molecule has 1 heterocycles. The Balaban J connectivity index is 2.16.